The van der Waals surface area contributed by atoms with Crippen LogP contribution in [0.3, 0.4) is 0 Å². The van der Waals surface area contributed by atoms with E-state index in [1.807, 2.05) is 0 Å². The predicted octanol–water partition coefficient (Wildman–Crippen LogP) is 4.25. The van der Waals surface area contributed by atoms with Crippen molar-refractivity contribution in [3.05, 3.63) is 0 Å². The van der Waals surface area contributed by atoms with Gasteiger partial charge in [0.25, 0.3) is 0 Å². The van der Waals surface area contributed by atoms with Crippen LogP contribution in [-0.2, 0) is 0 Å². The van der Waals surface area contributed by atoms with Crippen molar-refractivity contribution in [2.75, 3.05) is 0 Å². The first kappa shape index (κ1) is 9.55. The van der Waals surface area contributed by atoms with Gasteiger partial charge in [0.15, 0.2) is 0 Å². The number of hydrogen-bond acceptors (Lipinski definition) is 0. The van der Waals surface area contributed by atoms with Gasteiger partial charge in [0.1, 0.15) is 0 Å². The minimum absolute atomic E-state index is 0.686. The van der Waals surface area contributed by atoms with Crippen LogP contribution >= 0.6 is 0 Å². The van der Waals surface area contributed by atoms with E-state index in [-0.39, 0.29) is 0 Å². The molecule has 0 spiro atoms. The summed E-state index contributed by atoms with van der Waals surface area (Å²) >= 11 is 0. The van der Waals surface area contributed by atoms with Crippen molar-refractivity contribution in [2.45, 2.75) is 59.3 Å². The fraction of sp³-hybridized carbons (Fsp3) is 1.00. The highest BCUT2D eigenvalue weighted by atomic mass is 14.5. The average molecular weight is 180 g/mol. The minimum Gasteiger partial charge on any atom is -0.0622 e. The Morgan fingerprint density at radius 2 is 1.77 bits per heavy atom. The lowest BCUT2D eigenvalue weighted by Gasteiger charge is -2.40. The summed E-state index contributed by atoms with van der Waals surface area (Å²) in [4.78, 5) is 0. The Morgan fingerprint density at radius 3 is 2.46 bits per heavy atom. The SMILES string of the molecule is CC(C)C1(C)CCC2CCCCC21. The third kappa shape index (κ3) is 1.43. The Bertz CT molecular complexity index is 182. The Labute approximate surface area is 83.1 Å². The molecule has 3 atom stereocenters. The summed E-state index contributed by atoms with van der Waals surface area (Å²) < 4.78 is 0. The smallest absolute Gasteiger partial charge is 0.0272 e. The highest BCUT2D eigenvalue weighted by Gasteiger charge is 2.46. The van der Waals surface area contributed by atoms with E-state index in [4.69, 9.17) is 0 Å². The summed E-state index contributed by atoms with van der Waals surface area (Å²) in [6.07, 6.45) is 9.10. The Morgan fingerprint density at radius 1 is 1.08 bits per heavy atom. The zero-order valence-electron chi connectivity index (χ0n) is 9.47. The van der Waals surface area contributed by atoms with Crippen molar-refractivity contribution >= 4 is 0 Å². The van der Waals surface area contributed by atoms with Crippen molar-refractivity contribution in [3.63, 3.8) is 0 Å². The maximum absolute atomic E-state index is 2.55. The molecular formula is C13H24. The van der Waals surface area contributed by atoms with E-state index < -0.39 is 0 Å². The van der Waals surface area contributed by atoms with E-state index in [1.54, 1.807) is 0 Å². The number of fused-ring (bicyclic) bond motifs is 1. The van der Waals surface area contributed by atoms with Gasteiger partial charge in [-0.3, -0.25) is 0 Å². The van der Waals surface area contributed by atoms with Crippen LogP contribution in [0.4, 0.5) is 0 Å². The molecule has 2 fully saturated rings. The van der Waals surface area contributed by atoms with Gasteiger partial charge in [-0.05, 0) is 42.4 Å². The van der Waals surface area contributed by atoms with Crippen molar-refractivity contribution in [2.24, 2.45) is 23.2 Å². The van der Waals surface area contributed by atoms with Gasteiger partial charge in [0.05, 0.1) is 0 Å². The van der Waals surface area contributed by atoms with Gasteiger partial charge in [0, 0.05) is 0 Å². The molecule has 0 nitrogen and oxygen atoms in total. The lowest BCUT2D eigenvalue weighted by atomic mass is 9.65. The van der Waals surface area contributed by atoms with Crippen LogP contribution in [0.15, 0.2) is 0 Å². The number of hydrogen-bond donors (Lipinski definition) is 0. The minimum atomic E-state index is 0.686. The number of rotatable bonds is 1. The maximum Gasteiger partial charge on any atom is -0.0272 e. The fourth-order valence-corrected chi connectivity index (χ4v) is 3.82. The van der Waals surface area contributed by atoms with Crippen LogP contribution in [0.1, 0.15) is 59.3 Å². The van der Waals surface area contributed by atoms with E-state index in [1.165, 1.54) is 38.5 Å². The van der Waals surface area contributed by atoms with Crippen LogP contribution in [0.25, 0.3) is 0 Å². The van der Waals surface area contributed by atoms with Crippen LogP contribution in [-0.4, -0.2) is 0 Å². The summed E-state index contributed by atoms with van der Waals surface area (Å²) in [6.45, 7) is 7.40. The molecule has 2 aliphatic rings. The molecule has 0 aromatic rings. The first-order valence-electron chi connectivity index (χ1n) is 6.14. The van der Waals surface area contributed by atoms with Crippen LogP contribution in [0, 0.1) is 23.2 Å². The van der Waals surface area contributed by atoms with Crippen molar-refractivity contribution in [1.82, 2.24) is 0 Å². The Kier molecular flexibility index (Phi) is 2.42. The molecule has 13 heavy (non-hydrogen) atoms. The van der Waals surface area contributed by atoms with E-state index in [0.29, 0.717) is 5.41 Å². The zero-order valence-corrected chi connectivity index (χ0v) is 9.47. The molecule has 0 aliphatic heterocycles. The summed E-state index contributed by atoms with van der Waals surface area (Å²) in [6, 6.07) is 0. The van der Waals surface area contributed by atoms with E-state index >= 15 is 0 Å². The summed E-state index contributed by atoms with van der Waals surface area (Å²) in [5.74, 6) is 3.06. The van der Waals surface area contributed by atoms with Crippen LogP contribution < -0.4 is 0 Å². The topological polar surface area (TPSA) is 0 Å². The predicted molar refractivity (Wildman–Crippen MR) is 57.6 cm³/mol. The second kappa shape index (κ2) is 3.29. The monoisotopic (exact) mass is 180 g/mol. The summed E-state index contributed by atoms with van der Waals surface area (Å²) in [7, 11) is 0. The second-order valence-electron chi connectivity index (χ2n) is 5.85. The van der Waals surface area contributed by atoms with Crippen molar-refractivity contribution < 1.29 is 0 Å². The van der Waals surface area contributed by atoms with Gasteiger partial charge in [-0.25, -0.2) is 0 Å². The first-order chi connectivity index (χ1) is 6.14. The molecule has 0 amide bonds. The third-order valence-electron chi connectivity index (χ3n) is 5.13. The second-order valence-corrected chi connectivity index (χ2v) is 5.85. The molecule has 3 unspecified atom stereocenters. The Hall–Kier alpha value is 0. The maximum atomic E-state index is 2.55. The molecule has 0 aromatic heterocycles. The third-order valence-corrected chi connectivity index (χ3v) is 5.13. The van der Waals surface area contributed by atoms with Gasteiger partial charge in [0.2, 0.25) is 0 Å². The molecule has 0 aromatic carbocycles. The van der Waals surface area contributed by atoms with Gasteiger partial charge >= 0.3 is 0 Å². The quantitative estimate of drug-likeness (QED) is 0.566. The molecule has 0 N–H and O–H groups in total. The van der Waals surface area contributed by atoms with Crippen LogP contribution in [0.5, 0.6) is 0 Å². The highest BCUT2D eigenvalue weighted by Crippen LogP contribution is 2.56. The van der Waals surface area contributed by atoms with Crippen molar-refractivity contribution in [3.8, 4) is 0 Å². The van der Waals surface area contributed by atoms with E-state index in [2.05, 4.69) is 20.8 Å². The molecule has 2 rings (SSSR count). The average Bonchev–Trinajstić information content (AvgIpc) is 2.47. The lowest BCUT2D eigenvalue weighted by molar-refractivity contribution is 0.0954. The van der Waals surface area contributed by atoms with Gasteiger partial charge < -0.3 is 0 Å². The summed E-state index contributed by atoms with van der Waals surface area (Å²) in [5, 5.41) is 0. The zero-order chi connectivity index (χ0) is 9.47. The lowest BCUT2D eigenvalue weighted by Crippen LogP contribution is -2.32. The molecule has 76 valence electrons. The van der Waals surface area contributed by atoms with E-state index in [9.17, 15) is 0 Å². The molecule has 2 aliphatic carbocycles. The van der Waals surface area contributed by atoms with Gasteiger partial charge in [-0.2, -0.15) is 0 Å². The largest absolute Gasteiger partial charge is 0.0622 e. The highest BCUT2D eigenvalue weighted by molar-refractivity contribution is 4.96. The molecular weight excluding hydrogens is 156 g/mol. The molecule has 0 heteroatoms. The van der Waals surface area contributed by atoms with Crippen molar-refractivity contribution in [1.29, 1.82) is 0 Å². The van der Waals surface area contributed by atoms with E-state index in [0.717, 1.165) is 17.8 Å². The molecule has 0 saturated heterocycles. The molecule has 0 radical (unpaired) electrons. The van der Waals surface area contributed by atoms with Gasteiger partial charge in [-0.15, -0.1) is 0 Å². The summed E-state index contributed by atoms with van der Waals surface area (Å²) in [5.41, 5.74) is 0.686. The van der Waals surface area contributed by atoms with Crippen LogP contribution in [0.2, 0.25) is 0 Å². The fourth-order valence-electron chi connectivity index (χ4n) is 3.82. The first-order valence-corrected chi connectivity index (χ1v) is 6.14. The molecule has 2 saturated carbocycles. The normalized spacial score (nSPS) is 45.2. The molecule has 0 heterocycles. The molecule has 0 bridgehead atoms. The Balaban J connectivity index is 2.14. The standard InChI is InChI=1S/C13H24/c1-10(2)13(3)9-8-11-6-4-5-7-12(11)13/h10-12H,4-9H2,1-3H3. The van der Waals surface area contributed by atoms with Gasteiger partial charge in [-0.1, -0.05) is 40.0 Å².